The van der Waals surface area contributed by atoms with Gasteiger partial charge in [-0.3, -0.25) is 39.9 Å². The van der Waals surface area contributed by atoms with Gasteiger partial charge in [-0.1, -0.05) is 275 Å². The van der Waals surface area contributed by atoms with Crippen molar-refractivity contribution in [2.24, 2.45) is 105 Å². The van der Waals surface area contributed by atoms with E-state index >= 15 is 0 Å². The predicted molar refractivity (Wildman–Crippen MR) is 409 cm³/mol. The number of rotatable bonds is 32. The van der Waals surface area contributed by atoms with Crippen LogP contribution in [0.4, 0.5) is 0 Å². The minimum absolute atomic E-state index is 0. The number of aliphatic carboxylic acids is 4. The topological polar surface area (TPSA) is 259 Å². The Kier molecular flexibility index (Phi) is 35.8. The summed E-state index contributed by atoms with van der Waals surface area (Å²) in [6.45, 7) is 74.5. The first-order valence-electron chi connectivity index (χ1n) is 36.9. The Balaban J connectivity index is 0. The van der Waals surface area contributed by atoms with Gasteiger partial charge in [-0.15, -0.1) is 0 Å². The fraction of sp³-hybridized carbons (Fsp3) is 0.850. The first-order valence-corrected chi connectivity index (χ1v) is 36.9. The van der Waals surface area contributed by atoms with Gasteiger partial charge >= 0.3 is 97.8 Å². The van der Waals surface area contributed by atoms with Gasteiger partial charge in [-0.05, 0) is 77.0 Å². The quantitative estimate of drug-likeness (QED) is 0.0583. The van der Waals surface area contributed by atoms with Crippen molar-refractivity contribution in [3.63, 3.8) is 0 Å². The summed E-state index contributed by atoms with van der Waals surface area (Å²) in [5.41, 5.74) is -3.50. The van der Waals surface area contributed by atoms with E-state index in [1.54, 1.807) is 0 Å². The van der Waals surface area contributed by atoms with E-state index in [4.69, 9.17) is 39.9 Å². The molecule has 4 aliphatic heterocycles. The van der Waals surface area contributed by atoms with Gasteiger partial charge in [-0.25, -0.2) is 0 Å². The molecule has 0 aromatic heterocycles. The monoisotopic (exact) mass is 1620 g/mol. The fourth-order valence-electron chi connectivity index (χ4n) is 12.8. The summed E-state index contributed by atoms with van der Waals surface area (Å²) in [5.74, 6) is -4.75. The summed E-state index contributed by atoms with van der Waals surface area (Å²) in [6, 6.07) is 0. The molecular weight excluding hydrogens is 1480 g/mol. The number of hydrogen-bond donors (Lipinski definition) is 0. The maximum atomic E-state index is 12.2. The molecule has 0 saturated heterocycles. The van der Waals surface area contributed by atoms with Crippen LogP contribution in [0.25, 0.3) is 0 Å². The summed E-state index contributed by atoms with van der Waals surface area (Å²) in [7, 11) is 0. The van der Waals surface area contributed by atoms with Crippen LogP contribution in [0.5, 0.6) is 0 Å². The third kappa shape index (κ3) is 20.1. The Bertz CT molecular complexity index is 2500. The summed E-state index contributed by atoms with van der Waals surface area (Å²) in [6.07, 6.45) is 13.5. The molecule has 4 rings (SSSR count). The van der Waals surface area contributed by atoms with Gasteiger partial charge < -0.3 is 39.6 Å². The zero-order valence-corrected chi connectivity index (χ0v) is 78.5. The van der Waals surface area contributed by atoms with Gasteiger partial charge in [0.15, 0.2) is 22.7 Å². The van der Waals surface area contributed by atoms with Crippen molar-refractivity contribution in [3.8, 4) is 0 Å². The van der Waals surface area contributed by atoms with Crippen LogP contribution >= 0.6 is 0 Å². The summed E-state index contributed by atoms with van der Waals surface area (Å²) >= 11 is 0. The van der Waals surface area contributed by atoms with Gasteiger partial charge in [-0.2, -0.15) is 0 Å². The van der Waals surface area contributed by atoms with Crippen molar-refractivity contribution >= 4 is 167 Å². The Labute approximate surface area is 679 Å². The second-order valence-electron chi connectivity index (χ2n) is 36.0. The van der Waals surface area contributed by atoms with E-state index in [1.165, 1.54) is 0 Å². The van der Waals surface area contributed by atoms with Crippen LogP contribution in [-0.4, -0.2) is 190 Å². The molecule has 0 aliphatic carbocycles. The smallest absolute Gasteiger partial charge is 0.545 e. The van der Waals surface area contributed by atoms with Crippen LogP contribution < -0.4 is 20.4 Å². The van der Waals surface area contributed by atoms with Crippen molar-refractivity contribution in [3.05, 3.63) is 0 Å². The van der Waals surface area contributed by atoms with Crippen LogP contribution in [-0.2, 0) is 19.2 Å². The largest absolute Gasteiger partial charge is 2.00 e. The zero-order chi connectivity index (χ0) is 75.9. The van der Waals surface area contributed by atoms with Crippen LogP contribution in [0, 0.1) is 65.0 Å². The van der Waals surface area contributed by atoms with E-state index in [1.807, 2.05) is 55.4 Å². The molecule has 16 nitrogen and oxygen atoms in total. The summed E-state index contributed by atoms with van der Waals surface area (Å²) in [4.78, 5) is 87.4. The van der Waals surface area contributed by atoms with Gasteiger partial charge in [0.05, 0.1) is 69.6 Å². The van der Waals surface area contributed by atoms with E-state index in [0.717, 1.165) is 148 Å². The van der Waals surface area contributed by atoms with E-state index < -0.39 is 68.2 Å². The molecule has 4 aliphatic rings. The molecule has 0 aromatic carbocycles. The van der Waals surface area contributed by atoms with Gasteiger partial charge in [0.2, 0.25) is 0 Å². The molecule has 0 aromatic rings. The van der Waals surface area contributed by atoms with Crippen LogP contribution in [0.15, 0.2) is 39.9 Å². The average molecular weight is 1620 g/mol. The van der Waals surface area contributed by atoms with Crippen molar-refractivity contribution in [1.29, 1.82) is 0 Å². The Morgan fingerprint density at radius 3 is 0.388 bits per heavy atom. The van der Waals surface area contributed by atoms with Crippen molar-refractivity contribution in [1.82, 2.24) is 0 Å². The number of carboxylic acid groups (broad SMARTS) is 4. The van der Waals surface area contributed by atoms with E-state index in [2.05, 4.69) is 194 Å². The Hall–Kier alpha value is -1.62. The van der Waals surface area contributed by atoms with Crippen molar-refractivity contribution in [2.75, 3.05) is 0 Å². The average Bonchev–Trinajstić information content (AvgIpc) is 1.60. The third-order valence-corrected chi connectivity index (χ3v) is 23.7. The number of nitrogens with zero attached hydrogens (tertiary/aromatic N) is 8. The van der Waals surface area contributed by atoms with Gasteiger partial charge in [0.1, 0.15) is 0 Å². The second kappa shape index (κ2) is 35.6. The maximum absolute atomic E-state index is 12.2. The number of carbonyl (C=O) groups excluding carboxylic acids is 4. The van der Waals surface area contributed by atoms with Crippen LogP contribution in [0.1, 0.15) is 352 Å². The first kappa shape index (κ1) is 98.4. The molecule has 0 fully saturated rings. The standard InChI is InChI=1S/4C20H36N2O2.2Ba/c4*1-10-13-19(8,9)20(16(23)24)21-14(17(4,5)11-2)15(22-20)18(6,7)12-3;;/h4*10-13H2,1-9H3,(H,23,24);;/q;;;;2*+2/p-4. The molecule has 552 valence electrons. The molecule has 0 atom stereocenters. The Morgan fingerprint density at radius 1 is 0.235 bits per heavy atom. The molecule has 98 heavy (non-hydrogen) atoms. The van der Waals surface area contributed by atoms with Crippen molar-refractivity contribution in [2.45, 2.75) is 375 Å². The van der Waals surface area contributed by atoms with Crippen molar-refractivity contribution < 1.29 is 39.6 Å². The fourth-order valence-corrected chi connectivity index (χ4v) is 12.8. The maximum Gasteiger partial charge on any atom is 2.00 e. The van der Waals surface area contributed by atoms with Gasteiger partial charge in [0.25, 0.3) is 0 Å². The predicted octanol–water partition coefficient (Wildman–Crippen LogP) is 15.3. The second-order valence-corrected chi connectivity index (χ2v) is 36.0. The molecular formula is C80H140Ba2N8O8. The van der Waals surface area contributed by atoms with E-state index in [-0.39, 0.29) is 141 Å². The minimum atomic E-state index is -1.52. The number of carbonyl (C=O) groups is 4. The van der Waals surface area contributed by atoms with E-state index in [0.29, 0.717) is 0 Å². The summed E-state index contributed by atoms with van der Waals surface area (Å²) in [5, 5.41) is 49.0. The Morgan fingerprint density at radius 2 is 0.327 bits per heavy atom. The molecule has 0 spiro atoms. The molecule has 4 heterocycles. The third-order valence-electron chi connectivity index (χ3n) is 23.7. The molecule has 0 N–H and O–H groups in total. The number of carboxylic acids is 4. The van der Waals surface area contributed by atoms with Crippen LogP contribution in [0.2, 0.25) is 0 Å². The molecule has 0 unspecified atom stereocenters. The zero-order valence-electron chi connectivity index (χ0n) is 69.6. The van der Waals surface area contributed by atoms with Gasteiger partial charge in [0, 0.05) is 65.0 Å². The minimum Gasteiger partial charge on any atom is -0.545 e. The normalized spacial score (nSPS) is 18.0. The molecule has 0 radical (unpaired) electrons. The first-order chi connectivity index (χ1) is 43.2. The van der Waals surface area contributed by atoms with E-state index in [9.17, 15) is 39.6 Å². The molecule has 0 saturated carbocycles. The number of aliphatic imine (C=N–C) groups is 8. The van der Waals surface area contributed by atoms with Crippen LogP contribution in [0.3, 0.4) is 0 Å². The molecule has 18 heteroatoms. The molecule has 0 amide bonds. The number of hydrogen-bond acceptors (Lipinski definition) is 16. The SMILES string of the molecule is CCCC(C)(C)C1(C(=O)[O-])N=C(C(C)(C)CC)C(C(C)(C)CC)=N1.CCCC(C)(C)C1(C(=O)[O-])N=C(C(C)(C)CC)C(C(C)(C)CC)=N1.CCCC(C)(C)C1(C(=O)[O-])N=C(C(C)(C)CC)C(C(C)(C)CC)=N1.CCCC(C)(C)C1(C(=O)[O-])N=C(C(C)(C)CC)C(C(C)(C)CC)=N1.[Ba+2].[Ba+2]. The summed E-state index contributed by atoms with van der Waals surface area (Å²) < 4.78 is 0. The molecule has 0 bridgehead atoms.